The van der Waals surface area contributed by atoms with Crippen molar-refractivity contribution < 1.29 is 9.53 Å². The highest BCUT2D eigenvalue weighted by atomic mass is 16.5. The van der Waals surface area contributed by atoms with Gasteiger partial charge in [-0.05, 0) is 12.3 Å². The molecule has 0 N–H and O–H groups in total. The van der Waals surface area contributed by atoms with Crippen molar-refractivity contribution in [2.75, 3.05) is 26.3 Å². The summed E-state index contributed by atoms with van der Waals surface area (Å²) in [5.41, 5.74) is 1.22. The van der Waals surface area contributed by atoms with E-state index in [2.05, 4.69) is 11.8 Å². The molecular weight excluding hydrogens is 178 g/mol. The van der Waals surface area contributed by atoms with Crippen LogP contribution in [0, 0.1) is 5.92 Å². The van der Waals surface area contributed by atoms with Crippen LogP contribution < -0.4 is 0 Å². The molecule has 0 radical (unpaired) electrons. The van der Waals surface area contributed by atoms with Crippen LogP contribution >= 0.6 is 0 Å². The molecule has 0 aromatic rings. The molecular formula is C11H17NO2. The maximum absolute atomic E-state index is 11.1. The van der Waals surface area contributed by atoms with E-state index in [1.807, 2.05) is 0 Å². The standard InChI is InChI=1S/C11H17NO2/c1-9-7-12(4-5-14-8-9)10-2-3-11(13)6-10/h6,9H,2-5,7-8H2,1H3. The first kappa shape index (κ1) is 9.71. The van der Waals surface area contributed by atoms with E-state index in [4.69, 9.17) is 4.74 Å². The molecule has 1 fully saturated rings. The highest BCUT2D eigenvalue weighted by molar-refractivity contribution is 5.92. The largest absolute Gasteiger partial charge is 0.379 e. The van der Waals surface area contributed by atoms with E-state index in [-0.39, 0.29) is 5.78 Å². The fraction of sp³-hybridized carbons (Fsp3) is 0.727. The summed E-state index contributed by atoms with van der Waals surface area (Å²) in [5, 5.41) is 0. The zero-order chi connectivity index (χ0) is 9.97. The Morgan fingerprint density at radius 2 is 2.36 bits per heavy atom. The van der Waals surface area contributed by atoms with E-state index < -0.39 is 0 Å². The molecule has 1 aliphatic heterocycles. The molecule has 3 heteroatoms. The van der Waals surface area contributed by atoms with Crippen LogP contribution in [0.25, 0.3) is 0 Å². The average Bonchev–Trinajstić information content (AvgIpc) is 2.45. The van der Waals surface area contributed by atoms with Gasteiger partial charge < -0.3 is 9.64 Å². The smallest absolute Gasteiger partial charge is 0.157 e. The lowest BCUT2D eigenvalue weighted by Gasteiger charge is -2.24. The van der Waals surface area contributed by atoms with Crippen LogP contribution in [0.15, 0.2) is 11.8 Å². The molecule has 14 heavy (non-hydrogen) atoms. The van der Waals surface area contributed by atoms with Gasteiger partial charge in [0.15, 0.2) is 5.78 Å². The summed E-state index contributed by atoms with van der Waals surface area (Å²) in [4.78, 5) is 13.4. The van der Waals surface area contributed by atoms with Crippen molar-refractivity contribution in [2.45, 2.75) is 19.8 Å². The highest BCUT2D eigenvalue weighted by Crippen LogP contribution is 2.21. The van der Waals surface area contributed by atoms with Gasteiger partial charge in [0.25, 0.3) is 0 Å². The second kappa shape index (κ2) is 4.13. The third-order valence-corrected chi connectivity index (χ3v) is 2.80. The number of ether oxygens (including phenoxy) is 1. The fourth-order valence-corrected chi connectivity index (χ4v) is 2.07. The van der Waals surface area contributed by atoms with Crippen LogP contribution in [0.1, 0.15) is 19.8 Å². The summed E-state index contributed by atoms with van der Waals surface area (Å²) in [6.45, 7) is 5.78. The molecule has 0 saturated carbocycles. The highest BCUT2D eigenvalue weighted by Gasteiger charge is 2.21. The van der Waals surface area contributed by atoms with Crippen LogP contribution in [0.2, 0.25) is 0 Å². The average molecular weight is 195 g/mol. The van der Waals surface area contributed by atoms with Crippen molar-refractivity contribution in [3.8, 4) is 0 Å². The van der Waals surface area contributed by atoms with Gasteiger partial charge in [0, 0.05) is 31.3 Å². The molecule has 0 bridgehead atoms. The van der Waals surface area contributed by atoms with Crippen molar-refractivity contribution in [3.63, 3.8) is 0 Å². The number of carbonyl (C=O) groups excluding carboxylic acids is 1. The molecule has 0 aromatic carbocycles. The number of carbonyl (C=O) groups is 1. The van der Waals surface area contributed by atoms with Crippen molar-refractivity contribution >= 4 is 5.78 Å². The van der Waals surface area contributed by atoms with Crippen molar-refractivity contribution in [3.05, 3.63) is 11.8 Å². The predicted octanol–water partition coefficient (Wildman–Crippen LogP) is 1.20. The molecule has 1 saturated heterocycles. The van der Waals surface area contributed by atoms with Gasteiger partial charge in [-0.1, -0.05) is 6.92 Å². The van der Waals surface area contributed by atoms with Gasteiger partial charge in [0.2, 0.25) is 0 Å². The third kappa shape index (κ3) is 2.15. The van der Waals surface area contributed by atoms with E-state index in [9.17, 15) is 4.79 Å². The van der Waals surface area contributed by atoms with Crippen molar-refractivity contribution in [1.29, 1.82) is 0 Å². The number of nitrogens with zero attached hydrogens (tertiary/aromatic N) is 1. The monoisotopic (exact) mass is 195 g/mol. The maximum atomic E-state index is 11.1. The summed E-state index contributed by atoms with van der Waals surface area (Å²) in [5.74, 6) is 0.840. The van der Waals surface area contributed by atoms with Gasteiger partial charge in [-0.2, -0.15) is 0 Å². The number of hydrogen-bond acceptors (Lipinski definition) is 3. The van der Waals surface area contributed by atoms with Crippen LogP contribution in [0.4, 0.5) is 0 Å². The number of hydrogen-bond donors (Lipinski definition) is 0. The normalized spacial score (nSPS) is 28.9. The molecule has 1 heterocycles. The lowest BCUT2D eigenvalue weighted by Crippen LogP contribution is -2.27. The zero-order valence-corrected chi connectivity index (χ0v) is 8.66. The van der Waals surface area contributed by atoms with Crippen LogP contribution in [0.3, 0.4) is 0 Å². The molecule has 3 nitrogen and oxygen atoms in total. The van der Waals surface area contributed by atoms with E-state index in [0.717, 1.165) is 32.7 Å². The molecule has 1 aliphatic carbocycles. The molecule has 2 aliphatic rings. The Bertz CT molecular complexity index is 260. The number of rotatable bonds is 1. The molecule has 2 rings (SSSR count). The Hall–Kier alpha value is -0.830. The maximum Gasteiger partial charge on any atom is 0.157 e. The second-order valence-electron chi connectivity index (χ2n) is 4.23. The van der Waals surface area contributed by atoms with Crippen molar-refractivity contribution in [2.24, 2.45) is 5.92 Å². The van der Waals surface area contributed by atoms with Gasteiger partial charge in [0.05, 0.1) is 13.2 Å². The minimum atomic E-state index is 0.276. The molecule has 0 amide bonds. The van der Waals surface area contributed by atoms with E-state index in [1.165, 1.54) is 5.70 Å². The van der Waals surface area contributed by atoms with Gasteiger partial charge in [0.1, 0.15) is 0 Å². The molecule has 1 atom stereocenters. The summed E-state index contributed by atoms with van der Waals surface area (Å²) >= 11 is 0. The van der Waals surface area contributed by atoms with Gasteiger partial charge in [-0.25, -0.2) is 0 Å². The van der Waals surface area contributed by atoms with Gasteiger partial charge in [-0.3, -0.25) is 4.79 Å². The summed E-state index contributed by atoms with van der Waals surface area (Å²) in [7, 11) is 0. The molecule has 78 valence electrons. The van der Waals surface area contributed by atoms with Crippen LogP contribution in [-0.2, 0) is 9.53 Å². The number of ketones is 1. The van der Waals surface area contributed by atoms with Crippen molar-refractivity contribution in [1.82, 2.24) is 4.90 Å². The summed E-state index contributed by atoms with van der Waals surface area (Å²) in [6, 6.07) is 0. The Balaban J connectivity index is 2.02. The molecule has 1 unspecified atom stereocenters. The Kier molecular flexibility index (Phi) is 2.87. The molecule has 0 spiro atoms. The minimum Gasteiger partial charge on any atom is -0.379 e. The first-order valence-corrected chi connectivity index (χ1v) is 5.32. The third-order valence-electron chi connectivity index (χ3n) is 2.80. The Morgan fingerprint density at radius 1 is 1.50 bits per heavy atom. The molecule has 0 aromatic heterocycles. The quantitative estimate of drug-likeness (QED) is 0.629. The lowest BCUT2D eigenvalue weighted by atomic mass is 10.2. The topological polar surface area (TPSA) is 29.5 Å². The second-order valence-corrected chi connectivity index (χ2v) is 4.23. The summed E-state index contributed by atoms with van der Waals surface area (Å²) in [6.07, 6.45) is 3.42. The Morgan fingerprint density at radius 3 is 3.07 bits per heavy atom. The SMILES string of the molecule is CC1COCCN(C2=CC(=O)CC2)C1. The Labute approximate surface area is 84.7 Å². The first-order chi connectivity index (χ1) is 6.75. The van der Waals surface area contributed by atoms with Crippen LogP contribution in [0.5, 0.6) is 0 Å². The lowest BCUT2D eigenvalue weighted by molar-refractivity contribution is -0.114. The predicted molar refractivity (Wildman–Crippen MR) is 53.9 cm³/mol. The van der Waals surface area contributed by atoms with E-state index in [0.29, 0.717) is 12.3 Å². The zero-order valence-electron chi connectivity index (χ0n) is 8.66. The van der Waals surface area contributed by atoms with Gasteiger partial charge >= 0.3 is 0 Å². The summed E-state index contributed by atoms with van der Waals surface area (Å²) < 4.78 is 5.47. The van der Waals surface area contributed by atoms with Crippen LogP contribution in [-0.4, -0.2) is 37.0 Å². The fourth-order valence-electron chi connectivity index (χ4n) is 2.07. The van der Waals surface area contributed by atoms with Gasteiger partial charge in [-0.15, -0.1) is 0 Å². The van der Waals surface area contributed by atoms with E-state index in [1.54, 1.807) is 6.08 Å². The number of allylic oxidation sites excluding steroid dienone is 2. The van der Waals surface area contributed by atoms with E-state index >= 15 is 0 Å². The first-order valence-electron chi connectivity index (χ1n) is 5.32. The minimum absolute atomic E-state index is 0.276.